The predicted molar refractivity (Wildman–Crippen MR) is 171 cm³/mol. The van der Waals surface area contributed by atoms with Crippen LogP contribution in [0.3, 0.4) is 0 Å². The largest absolute Gasteiger partial charge is 0.491 e. The lowest BCUT2D eigenvalue weighted by atomic mass is 9.71. The van der Waals surface area contributed by atoms with E-state index >= 15 is 0 Å². The van der Waals surface area contributed by atoms with Gasteiger partial charge >= 0.3 is 0 Å². The van der Waals surface area contributed by atoms with Crippen molar-refractivity contribution in [2.45, 2.75) is 26.2 Å². The Morgan fingerprint density at radius 2 is 1.00 bits per heavy atom. The van der Waals surface area contributed by atoms with Crippen molar-refractivity contribution in [1.82, 2.24) is 0 Å². The first-order chi connectivity index (χ1) is 20.4. The van der Waals surface area contributed by atoms with Crippen molar-refractivity contribution in [3.8, 4) is 24.0 Å². The summed E-state index contributed by atoms with van der Waals surface area (Å²) in [5.41, 5.74) is 8.56. The fourth-order valence-electron chi connectivity index (χ4n) is 5.25. The molecule has 0 amide bonds. The second-order valence-corrected chi connectivity index (χ2v) is 10.5. The summed E-state index contributed by atoms with van der Waals surface area (Å²) in [6, 6.07) is 41.9. The number of rotatable bonds is 10. The number of ether oxygens (including phenoxy) is 2. The lowest BCUT2D eigenvalue weighted by molar-refractivity contribution is 0.201. The molecule has 0 spiro atoms. The maximum atomic E-state index is 9.15. The quantitative estimate of drug-likeness (QED) is 0.139. The molecule has 0 aromatic heterocycles. The summed E-state index contributed by atoms with van der Waals surface area (Å²) in [6.45, 7) is 6.66. The molecule has 1 N–H and O–H groups in total. The van der Waals surface area contributed by atoms with Gasteiger partial charge in [-0.2, -0.15) is 0 Å². The number of aryl methyl sites for hydroxylation is 2. The normalized spacial score (nSPS) is 12.2. The van der Waals surface area contributed by atoms with E-state index in [-0.39, 0.29) is 13.2 Å². The molecule has 1 unspecified atom stereocenters. The molecular weight excluding hydrogens is 518 g/mol. The number of benzene rings is 5. The first-order valence-corrected chi connectivity index (χ1v) is 14.0. The van der Waals surface area contributed by atoms with Gasteiger partial charge in [-0.05, 0) is 98.1 Å². The van der Waals surface area contributed by atoms with Crippen molar-refractivity contribution in [3.05, 3.63) is 149 Å². The Kier molecular flexibility index (Phi) is 8.62. The van der Waals surface area contributed by atoms with Crippen LogP contribution in [0.15, 0.2) is 121 Å². The molecule has 42 heavy (non-hydrogen) atoms. The molecule has 0 aliphatic heterocycles. The van der Waals surface area contributed by atoms with Crippen molar-refractivity contribution in [2.24, 2.45) is 0 Å². The van der Waals surface area contributed by atoms with Crippen LogP contribution in [-0.2, 0) is 5.41 Å². The van der Waals surface area contributed by atoms with E-state index in [0.29, 0.717) is 5.75 Å². The van der Waals surface area contributed by atoms with Gasteiger partial charge in [-0.1, -0.05) is 78.2 Å². The molecule has 210 valence electrons. The van der Waals surface area contributed by atoms with E-state index in [1.807, 2.05) is 24.3 Å². The summed E-state index contributed by atoms with van der Waals surface area (Å²) < 4.78 is 10.9. The van der Waals surface area contributed by atoms with Gasteiger partial charge in [-0.3, -0.25) is 0 Å². The monoisotopic (exact) mass is 553 g/mol. The number of hydrogen-bond acceptors (Lipinski definition) is 4. The molecule has 4 nitrogen and oxygen atoms in total. The van der Waals surface area contributed by atoms with E-state index in [0.717, 1.165) is 39.5 Å². The predicted octanol–water partition coefficient (Wildman–Crippen LogP) is 8.47. The average Bonchev–Trinajstić information content (AvgIpc) is 3.03. The number of terminal acetylenes is 1. The van der Waals surface area contributed by atoms with Crippen LogP contribution in [0, 0.1) is 26.4 Å². The minimum atomic E-state index is -0.485. The van der Waals surface area contributed by atoms with E-state index in [9.17, 15) is 0 Å². The maximum absolute atomic E-state index is 9.15. The van der Waals surface area contributed by atoms with Crippen LogP contribution in [0.5, 0.6) is 11.5 Å². The first-order valence-electron chi connectivity index (χ1n) is 14.0. The zero-order chi connectivity index (χ0) is 29.5. The maximum Gasteiger partial charge on any atom is 0.140 e. The molecule has 5 aromatic rings. The van der Waals surface area contributed by atoms with Crippen molar-refractivity contribution in [2.75, 3.05) is 18.1 Å². The van der Waals surface area contributed by atoms with Crippen LogP contribution in [-0.4, -0.2) is 18.3 Å². The van der Waals surface area contributed by atoms with Gasteiger partial charge in [0.15, 0.2) is 0 Å². The van der Waals surface area contributed by atoms with Gasteiger partial charge in [-0.25, -0.2) is 0 Å². The number of nitrogens with zero attached hydrogens (tertiary/aromatic N) is 1. The zero-order valence-electron chi connectivity index (χ0n) is 24.2. The third-order valence-corrected chi connectivity index (χ3v) is 7.69. The summed E-state index contributed by atoms with van der Waals surface area (Å²) in [7, 11) is 0. The number of aliphatic hydroxyl groups excluding tert-OH is 1. The summed E-state index contributed by atoms with van der Waals surface area (Å²) in [5.74, 6) is 1.34. The van der Waals surface area contributed by atoms with E-state index in [2.05, 4.69) is 129 Å². The van der Waals surface area contributed by atoms with E-state index in [1.165, 1.54) is 11.1 Å². The highest BCUT2D eigenvalue weighted by Gasteiger charge is 2.31. The number of anilines is 3. The molecule has 0 fully saturated rings. The lowest BCUT2D eigenvalue weighted by Gasteiger charge is -2.33. The Balaban J connectivity index is 1.58. The molecule has 0 saturated carbocycles. The summed E-state index contributed by atoms with van der Waals surface area (Å²) >= 11 is 0. The zero-order valence-corrected chi connectivity index (χ0v) is 24.2. The molecule has 4 heteroatoms. The van der Waals surface area contributed by atoms with E-state index in [4.69, 9.17) is 21.0 Å². The minimum absolute atomic E-state index is 0.0277. The van der Waals surface area contributed by atoms with Crippen LogP contribution < -0.4 is 14.4 Å². The van der Waals surface area contributed by atoms with Crippen LogP contribution in [0.25, 0.3) is 0 Å². The summed E-state index contributed by atoms with van der Waals surface area (Å²) in [6.07, 6.45) is 7.59. The highest BCUT2D eigenvalue weighted by atomic mass is 16.5. The average molecular weight is 554 g/mol. The van der Waals surface area contributed by atoms with Crippen LogP contribution in [0.4, 0.5) is 17.1 Å². The van der Waals surface area contributed by atoms with E-state index in [1.54, 1.807) is 0 Å². The number of hydrogen-bond donors (Lipinski definition) is 1. The topological polar surface area (TPSA) is 41.9 Å². The molecule has 0 radical (unpaired) electrons. The van der Waals surface area contributed by atoms with Crippen molar-refractivity contribution in [1.29, 1.82) is 0 Å². The standard InChI is InChI=1S/C38H35NO3/c1-5-41-36-22-12-31(13-23-36)38(4,32-14-24-37(25-15-32)42-27-26-40)30-10-20-35(21-11-30)39(33-16-6-28(2)7-17-33)34-18-8-29(3)9-19-34/h1,6-25,40H,26-27H2,2-4H3. The van der Waals surface area contributed by atoms with Crippen molar-refractivity contribution in [3.63, 3.8) is 0 Å². The number of aliphatic hydroxyl groups is 1. The second kappa shape index (κ2) is 12.7. The molecule has 0 saturated heterocycles. The van der Waals surface area contributed by atoms with Crippen LogP contribution >= 0.6 is 0 Å². The summed E-state index contributed by atoms with van der Waals surface area (Å²) in [4.78, 5) is 2.28. The second-order valence-electron chi connectivity index (χ2n) is 10.5. The Labute approximate surface area is 248 Å². The van der Waals surface area contributed by atoms with Crippen molar-refractivity contribution >= 4 is 17.1 Å². The molecular formula is C38H35NO3. The minimum Gasteiger partial charge on any atom is -0.491 e. The fourth-order valence-corrected chi connectivity index (χ4v) is 5.25. The Bertz CT molecular complexity index is 1590. The van der Waals surface area contributed by atoms with Gasteiger partial charge < -0.3 is 19.5 Å². The van der Waals surface area contributed by atoms with Gasteiger partial charge in [-0.15, -0.1) is 0 Å². The van der Waals surface area contributed by atoms with E-state index < -0.39 is 5.41 Å². The fraction of sp³-hybridized carbons (Fsp3) is 0.158. The first kappa shape index (κ1) is 28.5. The Morgan fingerprint density at radius 3 is 1.40 bits per heavy atom. The smallest absolute Gasteiger partial charge is 0.140 e. The molecule has 1 atom stereocenters. The van der Waals surface area contributed by atoms with Gasteiger partial charge in [0.05, 0.1) is 6.61 Å². The van der Waals surface area contributed by atoms with Crippen LogP contribution in [0.2, 0.25) is 0 Å². The molecule has 5 aromatic carbocycles. The van der Waals surface area contributed by atoms with Gasteiger partial charge in [0.1, 0.15) is 24.2 Å². The molecule has 0 aliphatic carbocycles. The molecule has 0 bridgehead atoms. The van der Waals surface area contributed by atoms with Crippen molar-refractivity contribution < 1.29 is 14.6 Å². The molecule has 5 rings (SSSR count). The third-order valence-electron chi connectivity index (χ3n) is 7.69. The molecule has 0 aliphatic rings. The van der Waals surface area contributed by atoms with Crippen LogP contribution in [0.1, 0.15) is 34.7 Å². The third kappa shape index (κ3) is 6.02. The van der Waals surface area contributed by atoms with Gasteiger partial charge in [0.2, 0.25) is 0 Å². The lowest BCUT2D eigenvalue weighted by Crippen LogP contribution is -2.25. The molecule has 0 heterocycles. The van der Waals surface area contributed by atoms with Gasteiger partial charge in [0.25, 0.3) is 0 Å². The van der Waals surface area contributed by atoms with Gasteiger partial charge in [0, 0.05) is 22.5 Å². The summed E-state index contributed by atoms with van der Waals surface area (Å²) in [5, 5.41) is 9.15. The SMILES string of the molecule is C#COc1ccc(C(C)(c2ccc(OCCO)cc2)c2ccc(N(c3ccc(C)cc3)c3ccc(C)cc3)cc2)cc1. The Morgan fingerprint density at radius 1 is 0.619 bits per heavy atom. The highest BCUT2D eigenvalue weighted by Crippen LogP contribution is 2.42. The Hall–Kier alpha value is -4.98. The highest BCUT2D eigenvalue weighted by molar-refractivity contribution is 5.77.